The molecule has 0 amide bonds. The highest BCUT2D eigenvalue weighted by molar-refractivity contribution is 5.90. The van der Waals surface area contributed by atoms with E-state index in [0.29, 0.717) is 15.8 Å². The van der Waals surface area contributed by atoms with Crippen molar-refractivity contribution in [1.29, 1.82) is 0 Å². The van der Waals surface area contributed by atoms with Crippen LogP contribution in [0.4, 0.5) is 11.5 Å². The zero-order valence-electron chi connectivity index (χ0n) is 9.91. The maximum Gasteiger partial charge on any atom is 0.270 e. The standard InChI is InChI=1S/C10H14N5O2/c1-15(2,3)13-9-5-4-7(14(16)17)6-8(9)10(11)12-13/h4-6H,1-3H3,(H2,11,12)/q+1. The third kappa shape index (κ3) is 1.80. The maximum atomic E-state index is 10.7. The number of nitrogen functional groups attached to an aromatic ring is 1. The van der Waals surface area contributed by atoms with E-state index < -0.39 is 4.92 Å². The summed E-state index contributed by atoms with van der Waals surface area (Å²) in [6.07, 6.45) is 0. The van der Waals surface area contributed by atoms with E-state index in [1.165, 1.54) is 12.1 Å². The highest BCUT2D eigenvalue weighted by atomic mass is 16.6. The van der Waals surface area contributed by atoms with Crippen LogP contribution in [0.15, 0.2) is 18.2 Å². The summed E-state index contributed by atoms with van der Waals surface area (Å²) in [4.78, 5) is 12.0. The molecule has 2 N–H and O–H groups in total. The molecule has 17 heavy (non-hydrogen) atoms. The van der Waals surface area contributed by atoms with Crippen molar-refractivity contribution in [1.82, 2.24) is 14.5 Å². The van der Waals surface area contributed by atoms with E-state index in [0.717, 1.165) is 5.52 Å². The average molecular weight is 236 g/mol. The van der Waals surface area contributed by atoms with Crippen LogP contribution in [0.3, 0.4) is 0 Å². The fourth-order valence-electron chi connectivity index (χ4n) is 1.68. The van der Waals surface area contributed by atoms with E-state index in [4.69, 9.17) is 5.73 Å². The lowest BCUT2D eigenvalue weighted by atomic mass is 10.2. The number of nitrogens with two attached hydrogens (primary N) is 1. The minimum absolute atomic E-state index is 0.0187. The lowest BCUT2D eigenvalue weighted by Gasteiger charge is -2.22. The number of nitro benzene ring substituents is 1. The molecule has 2 aromatic rings. The molecule has 0 spiro atoms. The summed E-state index contributed by atoms with van der Waals surface area (Å²) in [5.74, 6) is 0.303. The SMILES string of the molecule is C[N+](C)(C)n1nc(N)c2cc([N+](=O)[O-])ccc21. The van der Waals surface area contributed by atoms with Crippen LogP contribution in [-0.2, 0) is 0 Å². The Morgan fingerprint density at radius 1 is 1.41 bits per heavy atom. The number of aromatic nitrogens is 2. The molecule has 0 saturated heterocycles. The van der Waals surface area contributed by atoms with Gasteiger partial charge in [0, 0.05) is 12.1 Å². The molecule has 0 unspecified atom stereocenters. The number of nitro groups is 1. The Labute approximate surface area is 97.7 Å². The first-order valence-corrected chi connectivity index (χ1v) is 5.05. The number of hydrogen-bond donors (Lipinski definition) is 1. The molecule has 0 saturated carbocycles. The molecule has 0 bridgehead atoms. The van der Waals surface area contributed by atoms with Crippen molar-refractivity contribution in [2.45, 2.75) is 0 Å². The van der Waals surface area contributed by atoms with Gasteiger partial charge in [0.1, 0.15) is 5.52 Å². The second-order valence-corrected chi connectivity index (χ2v) is 4.67. The van der Waals surface area contributed by atoms with E-state index in [1.54, 1.807) is 10.9 Å². The molecule has 1 aromatic heterocycles. The number of non-ortho nitro benzene ring substituents is 1. The van der Waals surface area contributed by atoms with Gasteiger partial charge < -0.3 is 5.73 Å². The van der Waals surface area contributed by atoms with Gasteiger partial charge in [0.05, 0.1) is 31.5 Å². The quantitative estimate of drug-likeness (QED) is 0.476. The fourth-order valence-corrected chi connectivity index (χ4v) is 1.68. The number of rotatable bonds is 2. The van der Waals surface area contributed by atoms with Gasteiger partial charge in [0.15, 0.2) is 5.82 Å². The van der Waals surface area contributed by atoms with Crippen molar-refractivity contribution in [3.8, 4) is 0 Å². The Bertz CT molecular complexity index is 596. The highest BCUT2D eigenvalue weighted by Crippen LogP contribution is 2.25. The van der Waals surface area contributed by atoms with Crippen LogP contribution in [-0.4, -0.2) is 36.0 Å². The minimum Gasteiger partial charge on any atom is -0.382 e. The topological polar surface area (TPSA) is 87.0 Å². The molecule has 0 fully saturated rings. The number of benzene rings is 1. The fraction of sp³-hybridized carbons (Fsp3) is 0.300. The van der Waals surface area contributed by atoms with Gasteiger partial charge in [-0.15, -0.1) is 9.89 Å². The van der Waals surface area contributed by atoms with E-state index in [1.807, 2.05) is 21.1 Å². The molecule has 1 heterocycles. The Hall–Kier alpha value is -2.15. The molecular formula is C10H14N5O2+. The number of anilines is 1. The molecule has 0 radical (unpaired) electrons. The van der Waals surface area contributed by atoms with E-state index >= 15 is 0 Å². The summed E-state index contributed by atoms with van der Waals surface area (Å²) in [5, 5.41) is 15.5. The normalized spacial score (nSPS) is 11.9. The van der Waals surface area contributed by atoms with Gasteiger partial charge in [-0.1, -0.05) is 0 Å². The molecular weight excluding hydrogens is 222 g/mol. The Morgan fingerprint density at radius 2 is 2.06 bits per heavy atom. The third-order valence-corrected chi connectivity index (χ3v) is 2.45. The first-order valence-electron chi connectivity index (χ1n) is 5.05. The zero-order valence-corrected chi connectivity index (χ0v) is 9.91. The maximum absolute atomic E-state index is 10.7. The van der Waals surface area contributed by atoms with E-state index in [-0.39, 0.29) is 5.69 Å². The molecule has 1 aromatic carbocycles. The lowest BCUT2D eigenvalue weighted by Crippen LogP contribution is -2.47. The van der Waals surface area contributed by atoms with Gasteiger partial charge in [-0.3, -0.25) is 10.1 Å². The van der Waals surface area contributed by atoms with Crippen molar-refractivity contribution in [2.24, 2.45) is 0 Å². The van der Waals surface area contributed by atoms with Crippen molar-refractivity contribution < 1.29 is 4.92 Å². The van der Waals surface area contributed by atoms with Gasteiger partial charge >= 0.3 is 0 Å². The van der Waals surface area contributed by atoms with Crippen LogP contribution in [0.25, 0.3) is 10.9 Å². The Kier molecular flexibility index (Phi) is 2.28. The number of nitrogens with zero attached hydrogens (tertiary/aromatic N) is 4. The van der Waals surface area contributed by atoms with Crippen molar-refractivity contribution in [3.05, 3.63) is 28.3 Å². The number of fused-ring (bicyclic) bond motifs is 1. The minimum atomic E-state index is -0.442. The number of hydrogen-bond acceptors (Lipinski definition) is 4. The van der Waals surface area contributed by atoms with Crippen molar-refractivity contribution >= 4 is 22.4 Å². The van der Waals surface area contributed by atoms with Gasteiger partial charge in [-0.2, -0.15) is 0 Å². The summed E-state index contributed by atoms with van der Waals surface area (Å²) < 4.78 is 0.436. The van der Waals surface area contributed by atoms with Crippen LogP contribution in [0.5, 0.6) is 0 Å². The summed E-state index contributed by atoms with van der Waals surface area (Å²) in [6, 6.07) is 4.57. The molecule has 0 atom stereocenters. The summed E-state index contributed by atoms with van der Waals surface area (Å²) in [7, 11) is 5.81. The monoisotopic (exact) mass is 236 g/mol. The van der Waals surface area contributed by atoms with Crippen molar-refractivity contribution in [2.75, 3.05) is 26.9 Å². The molecule has 7 heteroatoms. The Morgan fingerprint density at radius 3 is 2.59 bits per heavy atom. The van der Waals surface area contributed by atoms with Gasteiger partial charge in [0.25, 0.3) is 5.69 Å². The lowest BCUT2D eigenvalue weighted by molar-refractivity contribution is -0.384. The second kappa shape index (κ2) is 3.42. The number of quaternary nitrogens is 1. The van der Waals surface area contributed by atoms with Crippen LogP contribution in [0.1, 0.15) is 0 Å². The molecule has 2 rings (SSSR count). The largest absolute Gasteiger partial charge is 0.382 e. The average Bonchev–Trinajstić information content (AvgIpc) is 2.55. The summed E-state index contributed by atoms with van der Waals surface area (Å²) >= 11 is 0. The molecule has 90 valence electrons. The van der Waals surface area contributed by atoms with Gasteiger partial charge in [-0.05, 0) is 6.07 Å². The molecule has 7 nitrogen and oxygen atoms in total. The van der Waals surface area contributed by atoms with E-state index in [2.05, 4.69) is 5.10 Å². The third-order valence-electron chi connectivity index (χ3n) is 2.45. The first kappa shape index (κ1) is 11.3. The smallest absolute Gasteiger partial charge is 0.270 e. The highest BCUT2D eigenvalue weighted by Gasteiger charge is 2.20. The van der Waals surface area contributed by atoms with Crippen LogP contribution in [0.2, 0.25) is 0 Å². The predicted molar refractivity (Wildman–Crippen MR) is 66.1 cm³/mol. The predicted octanol–water partition coefficient (Wildman–Crippen LogP) is 0.855. The molecule has 0 aliphatic carbocycles. The van der Waals surface area contributed by atoms with E-state index in [9.17, 15) is 10.1 Å². The summed E-state index contributed by atoms with van der Waals surface area (Å²) in [5.41, 5.74) is 6.58. The zero-order chi connectivity index (χ0) is 12.8. The molecule has 0 aliphatic heterocycles. The van der Waals surface area contributed by atoms with Crippen molar-refractivity contribution in [3.63, 3.8) is 0 Å². The Balaban J connectivity index is 2.74. The second-order valence-electron chi connectivity index (χ2n) is 4.67. The van der Waals surface area contributed by atoms with Gasteiger partial charge in [-0.25, -0.2) is 4.59 Å². The van der Waals surface area contributed by atoms with Crippen LogP contribution < -0.4 is 10.3 Å². The van der Waals surface area contributed by atoms with Gasteiger partial charge in [0.2, 0.25) is 0 Å². The summed E-state index contributed by atoms with van der Waals surface area (Å²) in [6.45, 7) is 0. The van der Waals surface area contributed by atoms with Crippen LogP contribution in [0, 0.1) is 10.1 Å². The first-order chi connectivity index (χ1) is 7.80. The molecule has 0 aliphatic rings. The van der Waals surface area contributed by atoms with Crippen LogP contribution >= 0.6 is 0 Å².